The predicted octanol–water partition coefficient (Wildman–Crippen LogP) is 7.13. The highest BCUT2D eigenvalue weighted by Crippen LogP contribution is 2.23. The number of fused-ring (bicyclic) bond motifs is 1. The fourth-order valence-corrected chi connectivity index (χ4v) is 3.52. The summed E-state index contributed by atoms with van der Waals surface area (Å²) in [6.45, 7) is 3.14. The summed E-state index contributed by atoms with van der Waals surface area (Å²) in [6.07, 6.45) is 6.10. The van der Waals surface area contributed by atoms with Gasteiger partial charge in [0.2, 0.25) is 0 Å². The first kappa shape index (κ1) is 21.7. The fourth-order valence-electron chi connectivity index (χ4n) is 3.39. The molecule has 0 atom stereocenters. The molecule has 1 heterocycles. The molecule has 0 saturated carbocycles. The van der Waals surface area contributed by atoms with Crippen molar-refractivity contribution in [2.24, 2.45) is 0 Å². The van der Waals surface area contributed by atoms with Gasteiger partial charge in [-0.3, -0.25) is 0 Å². The van der Waals surface area contributed by atoms with Gasteiger partial charge in [0.15, 0.2) is 0 Å². The van der Waals surface area contributed by atoms with E-state index in [1.807, 2.05) is 79.9 Å². The van der Waals surface area contributed by atoms with E-state index < -0.39 is 0 Å². The average molecular weight is 441 g/mol. The van der Waals surface area contributed by atoms with E-state index in [1.54, 1.807) is 0 Å². The van der Waals surface area contributed by atoms with E-state index >= 15 is 0 Å². The molecule has 3 nitrogen and oxygen atoms in total. The second kappa shape index (κ2) is 10.7. The quantitative estimate of drug-likeness (QED) is 0.296. The lowest BCUT2D eigenvalue weighted by Gasteiger charge is -2.11. The first-order valence-corrected chi connectivity index (χ1v) is 11.0. The topological polar surface area (TPSA) is 34.1 Å². The molecular formula is C28H25ClN2O. The van der Waals surface area contributed by atoms with Gasteiger partial charge in [0, 0.05) is 17.0 Å². The molecule has 4 heteroatoms. The molecule has 0 fully saturated rings. The molecular weight excluding hydrogens is 416 g/mol. The van der Waals surface area contributed by atoms with Gasteiger partial charge in [-0.15, -0.1) is 0 Å². The van der Waals surface area contributed by atoms with Gasteiger partial charge in [-0.1, -0.05) is 66.2 Å². The number of hydrogen-bond acceptors (Lipinski definition) is 3. The zero-order chi connectivity index (χ0) is 22.2. The highest BCUT2D eigenvalue weighted by atomic mass is 35.5. The molecule has 1 N–H and O–H groups in total. The van der Waals surface area contributed by atoms with Crippen molar-refractivity contribution < 1.29 is 4.74 Å². The van der Waals surface area contributed by atoms with Gasteiger partial charge in [-0.25, -0.2) is 4.98 Å². The molecule has 0 unspecified atom stereocenters. The first-order valence-electron chi connectivity index (χ1n) is 10.6. The number of aromatic nitrogens is 1. The SMILES string of the molecule is C/C=C\NC/C(=C/c1ccc(Cl)cc1)c1ccc(OCc2ccc3ccccc3n2)cc1. The van der Waals surface area contributed by atoms with Crippen LogP contribution in [0.15, 0.2) is 97.2 Å². The number of halogens is 1. The van der Waals surface area contributed by atoms with Crippen LogP contribution in [-0.2, 0) is 6.61 Å². The summed E-state index contributed by atoms with van der Waals surface area (Å²) in [6, 6.07) is 28.2. The van der Waals surface area contributed by atoms with Gasteiger partial charge < -0.3 is 10.1 Å². The second-order valence-electron chi connectivity index (χ2n) is 7.41. The van der Waals surface area contributed by atoms with Gasteiger partial charge >= 0.3 is 0 Å². The van der Waals surface area contributed by atoms with Crippen molar-refractivity contribution in [3.63, 3.8) is 0 Å². The van der Waals surface area contributed by atoms with E-state index in [2.05, 4.69) is 40.6 Å². The standard InChI is InChI=1S/C28H25ClN2O/c1-2-17-30-19-24(18-21-7-12-25(29)13-8-21)22-10-15-27(16-11-22)32-20-26-14-9-23-5-3-4-6-28(23)31-26/h2-18,30H,19-20H2,1H3/b17-2-,24-18-. The van der Waals surface area contributed by atoms with Crippen LogP contribution in [0, 0.1) is 0 Å². The minimum atomic E-state index is 0.431. The van der Waals surface area contributed by atoms with E-state index in [1.165, 1.54) is 5.57 Å². The maximum absolute atomic E-state index is 6.03. The summed E-state index contributed by atoms with van der Waals surface area (Å²) < 4.78 is 5.98. The van der Waals surface area contributed by atoms with Crippen molar-refractivity contribution in [2.75, 3.05) is 6.54 Å². The van der Waals surface area contributed by atoms with Crippen molar-refractivity contribution in [1.29, 1.82) is 0 Å². The van der Waals surface area contributed by atoms with Crippen LogP contribution in [0.3, 0.4) is 0 Å². The number of nitrogens with one attached hydrogen (secondary N) is 1. The molecule has 0 aliphatic heterocycles. The fraction of sp³-hybridized carbons (Fsp3) is 0.107. The normalized spacial score (nSPS) is 11.8. The van der Waals surface area contributed by atoms with Crippen LogP contribution in [0.2, 0.25) is 5.02 Å². The molecule has 0 aliphatic carbocycles. The largest absolute Gasteiger partial charge is 0.487 e. The third-order valence-electron chi connectivity index (χ3n) is 5.06. The smallest absolute Gasteiger partial charge is 0.130 e. The molecule has 0 aliphatic rings. The van der Waals surface area contributed by atoms with Crippen molar-refractivity contribution in [3.8, 4) is 5.75 Å². The van der Waals surface area contributed by atoms with Crippen LogP contribution >= 0.6 is 11.6 Å². The number of rotatable bonds is 8. The molecule has 0 amide bonds. The number of benzene rings is 3. The molecule has 160 valence electrons. The summed E-state index contributed by atoms with van der Waals surface area (Å²) in [5.41, 5.74) is 5.30. The first-order chi connectivity index (χ1) is 15.7. The van der Waals surface area contributed by atoms with Gasteiger partial charge in [-0.05, 0) is 72.3 Å². The van der Waals surface area contributed by atoms with Crippen molar-refractivity contribution in [1.82, 2.24) is 10.3 Å². The number of nitrogens with zero attached hydrogens (tertiary/aromatic N) is 1. The maximum Gasteiger partial charge on any atom is 0.130 e. The Labute approximate surface area is 194 Å². The molecule has 32 heavy (non-hydrogen) atoms. The Hall–Kier alpha value is -3.56. The highest BCUT2D eigenvalue weighted by molar-refractivity contribution is 6.30. The monoisotopic (exact) mass is 440 g/mol. The number of hydrogen-bond donors (Lipinski definition) is 1. The van der Waals surface area contributed by atoms with Crippen molar-refractivity contribution >= 4 is 34.2 Å². The molecule has 4 aromatic rings. The van der Waals surface area contributed by atoms with E-state index in [-0.39, 0.29) is 0 Å². The molecule has 3 aromatic carbocycles. The highest BCUT2D eigenvalue weighted by Gasteiger charge is 2.04. The molecule has 4 rings (SSSR count). The number of para-hydroxylation sites is 1. The summed E-state index contributed by atoms with van der Waals surface area (Å²) in [5.74, 6) is 0.816. The lowest BCUT2D eigenvalue weighted by Crippen LogP contribution is -2.09. The summed E-state index contributed by atoms with van der Waals surface area (Å²) in [5, 5.41) is 5.19. The van der Waals surface area contributed by atoms with Crippen LogP contribution in [0.4, 0.5) is 0 Å². The Bertz CT molecular complexity index is 1230. The predicted molar refractivity (Wildman–Crippen MR) is 135 cm³/mol. The Morgan fingerprint density at radius 3 is 2.50 bits per heavy atom. The second-order valence-corrected chi connectivity index (χ2v) is 7.85. The van der Waals surface area contributed by atoms with E-state index in [4.69, 9.17) is 16.3 Å². The van der Waals surface area contributed by atoms with Gasteiger partial charge in [0.25, 0.3) is 0 Å². The number of allylic oxidation sites excluding steroid dienone is 1. The molecule has 0 bridgehead atoms. The van der Waals surface area contributed by atoms with E-state index in [0.717, 1.165) is 38.5 Å². The lowest BCUT2D eigenvalue weighted by molar-refractivity contribution is 0.302. The summed E-state index contributed by atoms with van der Waals surface area (Å²) >= 11 is 6.03. The Kier molecular flexibility index (Phi) is 7.21. The van der Waals surface area contributed by atoms with Crippen molar-refractivity contribution in [2.45, 2.75) is 13.5 Å². The molecule has 0 radical (unpaired) electrons. The lowest BCUT2D eigenvalue weighted by atomic mass is 10.0. The molecule has 0 saturated heterocycles. The zero-order valence-electron chi connectivity index (χ0n) is 18.0. The average Bonchev–Trinajstić information content (AvgIpc) is 2.84. The third-order valence-corrected chi connectivity index (χ3v) is 5.31. The van der Waals surface area contributed by atoms with Crippen LogP contribution in [0.5, 0.6) is 5.75 Å². The minimum Gasteiger partial charge on any atom is -0.487 e. The Morgan fingerprint density at radius 2 is 1.72 bits per heavy atom. The Balaban J connectivity index is 1.48. The minimum absolute atomic E-state index is 0.431. The maximum atomic E-state index is 6.03. The number of pyridine rings is 1. The van der Waals surface area contributed by atoms with E-state index in [0.29, 0.717) is 13.2 Å². The third kappa shape index (κ3) is 5.77. The van der Waals surface area contributed by atoms with Crippen LogP contribution in [-0.4, -0.2) is 11.5 Å². The van der Waals surface area contributed by atoms with Crippen LogP contribution in [0.25, 0.3) is 22.6 Å². The van der Waals surface area contributed by atoms with Crippen LogP contribution in [0.1, 0.15) is 23.7 Å². The molecule has 1 aromatic heterocycles. The van der Waals surface area contributed by atoms with Gasteiger partial charge in [-0.2, -0.15) is 0 Å². The van der Waals surface area contributed by atoms with Gasteiger partial charge in [0.1, 0.15) is 12.4 Å². The summed E-state index contributed by atoms with van der Waals surface area (Å²) in [7, 11) is 0. The zero-order valence-corrected chi connectivity index (χ0v) is 18.7. The number of ether oxygens (including phenoxy) is 1. The van der Waals surface area contributed by atoms with Crippen molar-refractivity contribution in [3.05, 3.63) is 119 Å². The summed E-state index contributed by atoms with van der Waals surface area (Å²) in [4.78, 5) is 4.67. The Morgan fingerprint density at radius 1 is 0.938 bits per heavy atom. The van der Waals surface area contributed by atoms with Gasteiger partial charge in [0.05, 0.1) is 11.2 Å². The molecule has 0 spiro atoms. The van der Waals surface area contributed by atoms with E-state index in [9.17, 15) is 0 Å². The van der Waals surface area contributed by atoms with Crippen LogP contribution < -0.4 is 10.1 Å².